The van der Waals surface area contributed by atoms with Gasteiger partial charge in [0.05, 0.1) is 11.9 Å². The average Bonchev–Trinajstić information content (AvgIpc) is 3.19. The van der Waals surface area contributed by atoms with Crippen LogP contribution in [0.4, 0.5) is 0 Å². The summed E-state index contributed by atoms with van der Waals surface area (Å²) in [4.78, 5) is 17.1. The zero-order valence-electron chi connectivity index (χ0n) is 17.2. The molecule has 1 aliphatic carbocycles. The van der Waals surface area contributed by atoms with Crippen molar-refractivity contribution in [2.75, 3.05) is 6.54 Å². The minimum atomic E-state index is -0.115. The quantitative estimate of drug-likeness (QED) is 0.595. The van der Waals surface area contributed by atoms with Gasteiger partial charge in [-0.3, -0.25) is 4.79 Å². The first-order valence-corrected chi connectivity index (χ1v) is 10.5. The van der Waals surface area contributed by atoms with Gasteiger partial charge < -0.3 is 5.32 Å². The number of nitrogens with zero attached hydrogens (tertiary/aromatic N) is 3. The first kappa shape index (κ1) is 19.4. The number of nitrogens with one attached hydrogen (secondary N) is 1. The lowest BCUT2D eigenvalue weighted by atomic mass is 9.97. The lowest BCUT2D eigenvalue weighted by molar-refractivity contribution is 0.0955. The Kier molecular flexibility index (Phi) is 5.74. The van der Waals surface area contributed by atoms with Crippen LogP contribution in [-0.4, -0.2) is 27.0 Å². The first-order chi connectivity index (χ1) is 14.1. The number of allylic oxidation sites excluding steroid dienone is 1. The van der Waals surface area contributed by atoms with E-state index in [1.165, 1.54) is 30.4 Å². The summed E-state index contributed by atoms with van der Waals surface area (Å²) in [7, 11) is 0. The zero-order valence-corrected chi connectivity index (χ0v) is 17.2. The minimum Gasteiger partial charge on any atom is -0.352 e. The maximum absolute atomic E-state index is 12.7. The van der Waals surface area contributed by atoms with Crippen LogP contribution in [0.5, 0.6) is 0 Å². The number of fused-ring (bicyclic) bond motifs is 1. The molecule has 0 atom stereocenters. The Labute approximate surface area is 171 Å². The molecule has 150 valence electrons. The predicted molar refractivity (Wildman–Crippen MR) is 116 cm³/mol. The van der Waals surface area contributed by atoms with Gasteiger partial charge in [-0.2, -0.15) is 5.10 Å². The zero-order chi connectivity index (χ0) is 20.2. The van der Waals surface area contributed by atoms with E-state index < -0.39 is 0 Å². The van der Waals surface area contributed by atoms with Gasteiger partial charge in [0.2, 0.25) is 0 Å². The molecule has 1 amide bonds. The van der Waals surface area contributed by atoms with Gasteiger partial charge in [0, 0.05) is 18.3 Å². The van der Waals surface area contributed by atoms with E-state index in [2.05, 4.69) is 59.6 Å². The average molecular weight is 389 g/mol. The smallest absolute Gasteiger partial charge is 0.256 e. The molecule has 0 bridgehead atoms. The van der Waals surface area contributed by atoms with Crippen LogP contribution in [0.15, 0.2) is 54.4 Å². The van der Waals surface area contributed by atoms with Gasteiger partial charge in [-0.05, 0) is 49.7 Å². The SMILES string of the molecule is CC(C)c1ccc(-c2ccnc3c(C(=O)NCCC4=CCCCC4)cnn23)cc1. The van der Waals surface area contributed by atoms with Crippen LogP contribution in [-0.2, 0) is 0 Å². The fourth-order valence-electron chi connectivity index (χ4n) is 3.87. The molecule has 5 heteroatoms. The van der Waals surface area contributed by atoms with Crippen molar-refractivity contribution < 1.29 is 4.79 Å². The largest absolute Gasteiger partial charge is 0.352 e. The molecule has 0 unspecified atom stereocenters. The first-order valence-electron chi connectivity index (χ1n) is 10.5. The molecule has 1 aliphatic rings. The summed E-state index contributed by atoms with van der Waals surface area (Å²) in [6.07, 6.45) is 11.5. The Morgan fingerprint density at radius 3 is 2.72 bits per heavy atom. The third-order valence-corrected chi connectivity index (χ3v) is 5.64. The van der Waals surface area contributed by atoms with Crippen LogP contribution >= 0.6 is 0 Å². The number of rotatable bonds is 6. The molecular weight excluding hydrogens is 360 g/mol. The van der Waals surface area contributed by atoms with E-state index in [0.717, 1.165) is 24.1 Å². The minimum absolute atomic E-state index is 0.115. The Hall–Kier alpha value is -2.95. The van der Waals surface area contributed by atoms with Gasteiger partial charge in [-0.1, -0.05) is 49.8 Å². The van der Waals surface area contributed by atoms with E-state index in [4.69, 9.17) is 0 Å². The fraction of sp³-hybridized carbons (Fsp3) is 0.375. The molecule has 0 saturated carbocycles. The number of hydrogen-bond acceptors (Lipinski definition) is 3. The molecule has 0 radical (unpaired) electrons. The Bertz CT molecular complexity index is 1030. The molecule has 1 aromatic carbocycles. The van der Waals surface area contributed by atoms with Gasteiger partial charge in [0.15, 0.2) is 5.65 Å². The molecule has 0 saturated heterocycles. The summed E-state index contributed by atoms with van der Waals surface area (Å²) in [5.74, 6) is 0.377. The molecule has 4 rings (SSSR count). The van der Waals surface area contributed by atoms with Crippen molar-refractivity contribution in [1.29, 1.82) is 0 Å². The lowest BCUT2D eigenvalue weighted by Crippen LogP contribution is -2.25. The molecule has 1 N–H and O–H groups in total. The molecule has 2 aromatic heterocycles. The van der Waals surface area contributed by atoms with Crippen LogP contribution in [0.3, 0.4) is 0 Å². The highest BCUT2D eigenvalue weighted by Crippen LogP contribution is 2.24. The molecular formula is C24H28N4O. The van der Waals surface area contributed by atoms with Crippen LogP contribution in [0.2, 0.25) is 0 Å². The summed E-state index contributed by atoms with van der Waals surface area (Å²) >= 11 is 0. The van der Waals surface area contributed by atoms with Crippen LogP contribution in [0, 0.1) is 0 Å². The highest BCUT2D eigenvalue weighted by atomic mass is 16.1. The summed E-state index contributed by atoms with van der Waals surface area (Å²) in [6.45, 7) is 5.02. The summed E-state index contributed by atoms with van der Waals surface area (Å²) in [5.41, 5.74) is 5.85. The van der Waals surface area contributed by atoms with Gasteiger partial charge in [-0.25, -0.2) is 9.50 Å². The van der Waals surface area contributed by atoms with Gasteiger partial charge in [0.25, 0.3) is 5.91 Å². The number of carbonyl (C=O) groups excluding carboxylic acids is 1. The molecule has 0 aliphatic heterocycles. The number of hydrogen-bond donors (Lipinski definition) is 1. The van der Waals surface area contributed by atoms with Gasteiger partial charge in [0.1, 0.15) is 5.56 Å². The summed E-state index contributed by atoms with van der Waals surface area (Å²) in [5, 5.41) is 7.48. The highest BCUT2D eigenvalue weighted by Gasteiger charge is 2.16. The van der Waals surface area contributed by atoms with E-state index in [1.807, 2.05) is 6.07 Å². The van der Waals surface area contributed by atoms with Crippen LogP contribution in [0.25, 0.3) is 16.9 Å². The molecule has 3 aromatic rings. The van der Waals surface area contributed by atoms with E-state index >= 15 is 0 Å². The Balaban J connectivity index is 1.52. The van der Waals surface area contributed by atoms with Crippen molar-refractivity contribution in [3.8, 4) is 11.3 Å². The molecule has 2 heterocycles. The second kappa shape index (κ2) is 8.60. The molecule has 29 heavy (non-hydrogen) atoms. The van der Waals surface area contributed by atoms with E-state index in [-0.39, 0.29) is 5.91 Å². The van der Waals surface area contributed by atoms with Crippen molar-refractivity contribution in [2.45, 2.75) is 51.9 Å². The normalized spacial score (nSPS) is 14.2. The second-order valence-electron chi connectivity index (χ2n) is 8.01. The van der Waals surface area contributed by atoms with E-state index in [1.54, 1.807) is 16.9 Å². The molecule has 0 spiro atoms. The van der Waals surface area contributed by atoms with E-state index in [9.17, 15) is 4.79 Å². The summed E-state index contributed by atoms with van der Waals surface area (Å²) in [6, 6.07) is 10.4. The predicted octanol–water partition coefficient (Wildman–Crippen LogP) is 5.14. The Morgan fingerprint density at radius 1 is 1.17 bits per heavy atom. The fourth-order valence-corrected chi connectivity index (χ4v) is 3.87. The number of aromatic nitrogens is 3. The lowest BCUT2D eigenvalue weighted by Gasteiger charge is -2.12. The van der Waals surface area contributed by atoms with Crippen molar-refractivity contribution in [3.63, 3.8) is 0 Å². The van der Waals surface area contributed by atoms with Crippen molar-refractivity contribution in [2.24, 2.45) is 0 Å². The van der Waals surface area contributed by atoms with Crippen LogP contribution in [0.1, 0.15) is 67.8 Å². The van der Waals surface area contributed by atoms with Crippen molar-refractivity contribution >= 4 is 11.6 Å². The maximum atomic E-state index is 12.7. The maximum Gasteiger partial charge on any atom is 0.256 e. The third kappa shape index (κ3) is 4.24. The molecule has 0 fully saturated rings. The van der Waals surface area contributed by atoms with Gasteiger partial charge >= 0.3 is 0 Å². The standard InChI is InChI=1S/C24H28N4O/c1-17(2)19-8-10-20(11-9-19)22-13-15-25-23-21(16-27-28(22)23)24(29)26-14-12-18-6-4-3-5-7-18/h6,8-11,13,15-17H,3-5,7,12,14H2,1-2H3,(H,26,29). The molecule has 5 nitrogen and oxygen atoms in total. The second-order valence-corrected chi connectivity index (χ2v) is 8.01. The van der Waals surface area contributed by atoms with Crippen molar-refractivity contribution in [1.82, 2.24) is 19.9 Å². The number of benzene rings is 1. The van der Waals surface area contributed by atoms with E-state index in [0.29, 0.717) is 23.7 Å². The summed E-state index contributed by atoms with van der Waals surface area (Å²) < 4.78 is 1.75. The number of amides is 1. The monoisotopic (exact) mass is 388 g/mol. The number of carbonyl (C=O) groups is 1. The topological polar surface area (TPSA) is 59.3 Å². The Morgan fingerprint density at radius 2 is 2.00 bits per heavy atom. The van der Waals surface area contributed by atoms with Gasteiger partial charge in [-0.15, -0.1) is 0 Å². The third-order valence-electron chi connectivity index (χ3n) is 5.64. The van der Waals surface area contributed by atoms with Crippen LogP contribution < -0.4 is 5.32 Å². The van der Waals surface area contributed by atoms with Crippen molar-refractivity contribution in [3.05, 3.63) is 65.5 Å². The highest BCUT2D eigenvalue weighted by molar-refractivity contribution is 5.99.